The summed E-state index contributed by atoms with van der Waals surface area (Å²) in [4.78, 5) is 0. The molecule has 0 aliphatic heterocycles. The van der Waals surface area contributed by atoms with E-state index in [1.165, 1.54) is 3.61 Å². The molecule has 1 aromatic rings. The standard InChI is InChI=1S/C12H14Te/c1-12(2,3)9-10-13-11-7-5-4-6-8-11/h4-8H,1-3H3. The molecule has 0 heterocycles. The van der Waals surface area contributed by atoms with Crippen molar-refractivity contribution in [2.24, 2.45) is 5.41 Å². The third kappa shape index (κ3) is 4.99. The summed E-state index contributed by atoms with van der Waals surface area (Å²) in [6, 6.07) is 10.5. The van der Waals surface area contributed by atoms with Gasteiger partial charge in [-0.3, -0.25) is 0 Å². The van der Waals surface area contributed by atoms with Crippen LogP contribution in [0.2, 0.25) is 0 Å². The summed E-state index contributed by atoms with van der Waals surface area (Å²) in [5, 5.41) is 0. The Kier molecular flexibility index (Phi) is 3.86. The van der Waals surface area contributed by atoms with Crippen molar-refractivity contribution in [3.63, 3.8) is 0 Å². The summed E-state index contributed by atoms with van der Waals surface area (Å²) in [5.74, 6) is 3.28. The van der Waals surface area contributed by atoms with Gasteiger partial charge in [-0.15, -0.1) is 0 Å². The van der Waals surface area contributed by atoms with Crippen molar-refractivity contribution in [1.29, 1.82) is 0 Å². The van der Waals surface area contributed by atoms with Crippen molar-refractivity contribution in [2.45, 2.75) is 20.8 Å². The van der Waals surface area contributed by atoms with Gasteiger partial charge in [0, 0.05) is 0 Å². The van der Waals surface area contributed by atoms with Gasteiger partial charge in [-0.1, -0.05) is 0 Å². The van der Waals surface area contributed by atoms with Gasteiger partial charge in [-0.05, 0) is 0 Å². The SMILES string of the molecule is CC(C)(C)C#C[Te]c1ccccc1. The quantitative estimate of drug-likeness (QED) is 0.547. The third-order valence-corrected chi connectivity index (χ3v) is 3.37. The summed E-state index contributed by atoms with van der Waals surface area (Å²) in [6.07, 6.45) is 0. The molecule has 0 atom stereocenters. The Balaban J connectivity index is 2.56. The van der Waals surface area contributed by atoms with Crippen LogP contribution in [0.3, 0.4) is 0 Å². The zero-order valence-corrected chi connectivity index (χ0v) is 10.6. The molecule has 0 fully saturated rings. The maximum atomic E-state index is 3.32. The number of rotatable bonds is 1. The van der Waals surface area contributed by atoms with Crippen LogP contribution in [0.25, 0.3) is 0 Å². The van der Waals surface area contributed by atoms with E-state index in [0.717, 1.165) is 0 Å². The molecule has 1 aromatic carbocycles. The third-order valence-electron chi connectivity index (χ3n) is 1.34. The zero-order valence-electron chi connectivity index (χ0n) is 8.29. The molecule has 1 heteroatoms. The van der Waals surface area contributed by atoms with Crippen LogP contribution in [0.5, 0.6) is 0 Å². The second-order valence-corrected chi connectivity index (χ2v) is 6.40. The van der Waals surface area contributed by atoms with Gasteiger partial charge in [0.05, 0.1) is 0 Å². The van der Waals surface area contributed by atoms with E-state index in [2.05, 4.69) is 54.9 Å². The Morgan fingerprint density at radius 2 is 1.69 bits per heavy atom. The number of benzene rings is 1. The molecule has 0 amide bonds. The van der Waals surface area contributed by atoms with E-state index in [-0.39, 0.29) is 26.3 Å². The van der Waals surface area contributed by atoms with Gasteiger partial charge in [0.25, 0.3) is 0 Å². The first-order valence-electron chi connectivity index (χ1n) is 4.32. The molecular weight excluding hydrogens is 272 g/mol. The molecule has 68 valence electrons. The average Bonchev–Trinajstić information content (AvgIpc) is 2.04. The zero-order chi connectivity index (χ0) is 9.73. The van der Waals surface area contributed by atoms with Crippen molar-refractivity contribution in [1.82, 2.24) is 0 Å². The van der Waals surface area contributed by atoms with Crippen LogP contribution in [0, 0.1) is 15.3 Å². The summed E-state index contributed by atoms with van der Waals surface area (Å²) in [7, 11) is 0. The Bertz CT molecular complexity index is 308. The Hall–Kier alpha value is -0.430. The van der Waals surface area contributed by atoms with Crippen molar-refractivity contribution in [3.05, 3.63) is 30.3 Å². The first-order valence-corrected chi connectivity index (χ1v) is 6.65. The molecule has 0 saturated carbocycles. The van der Waals surface area contributed by atoms with Gasteiger partial charge >= 0.3 is 90.9 Å². The summed E-state index contributed by atoms with van der Waals surface area (Å²) in [6.45, 7) is 6.45. The van der Waals surface area contributed by atoms with E-state index >= 15 is 0 Å². The van der Waals surface area contributed by atoms with Gasteiger partial charge in [-0.2, -0.15) is 0 Å². The van der Waals surface area contributed by atoms with E-state index in [0.29, 0.717) is 0 Å². The molecule has 13 heavy (non-hydrogen) atoms. The monoisotopic (exact) mass is 288 g/mol. The Morgan fingerprint density at radius 3 is 2.23 bits per heavy atom. The normalized spacial score (nSPS) is 10.4. The van der Waals surface area contributed by atoms with Crippen molar-refractivity contribution < 1.29 is 0 Å². The van der Waals surface area contributed by atoms with Crippen LogP contribution in [0.1, 0.15) is 20.8 Å². The van der Waals surface area contributed by atoms with Crippen LogP contribution in [0.15, 0.2) is 30.3 Å². The Labute approximate surface area is 90.8 Å². The van der Waals surface area contributed by atoms with Gasteiger partial charge < -0.3 is 0 Å². The summed E-state index contributed by atoms with van der Waals surface area (Å²) >= 11 is -0.275. The van der Waals surface area contributed by atoms with Gasteiger partial charge in [-0.25, -0.2) is 0 Å². The molecule has 0 N–H and O–H groups in total. The number of hydrogen-bond donors (Lipinski definition) is 0. The van der Waals surface area contributed by atoms with Crippen LogP contribution in [-0.2, 0) is 0 Å². The van der Waals surface area contributed by atoms with Gasteiger partial charge in [0.15, 0.2) is 0 Å². The fourth-order valence-electron chi connectivity index (χ4n) is 0.726. The Morgan fingerprint density at radius 1 is 1.08 bits per heavy atom. The fraction of sp³-hybridized carbons (Fsp3) is 0.333. The van der Waals surface area contributed by atoms with E-state index in [9.17, 15) is 0 Å². The first-order chi connectivity index (χ1) is 6.08. The number of hydrogen-bond acceptors (Lipinski definition) is 0. The fourth-order valence-corrected chi connectivity index (χ4v) is 2.92. The second kappa shape index (κ2) is 4.71. The molecule has 0 aliphatic rings. The van der Waals surface area contributed by atoms with Crippen LogP contribution < -0.4 is 3.61 Å². The van der Waals surface area contributed by atoms with Crippen LogP contribution in [-0.4, -0.2) is 20.9 Å². The molecule has 0 bridgehead atoms. The van der Waals surface area contributed by atoms with Gasteiger partial charge in [0.2, 0.25) is 0 Å². The predicted octanol–water partition coefficient (Wildman–Crippen LogP) is 2.02. The van der Waals surface area contributed by atoms with E-state index in [1.54, 1.807) is 0 Å². The molecule has 0 saturated heterocycles. The minimum atomic E-state index is -0.275. The van der Waals surface area contributed by atoms with Crippen LogP contribution >= 0.6 is 0 Å². The average molecular weight is 286 g/mol. The van der Waals surface area contributed by atoms with Crippen molar-refractivity contribution >= 4 is 24.5 Å². The molecule has 0 aliphatic carbocycles. The topological polar surface area (TPSA) is 0 Å². The maximum absolute atomic E-state index is 3.32. The predicted molar refractivity (Wildman–Crippen MR) is 59.1 cm³/mol. The molecule has 0 radical (unpaired) electrons. The summed E-state index contributed by atoms with van der Waals surface area (Å²) in [5.41, 5.74) is 0.152. The van der Waals surface area contributed by atoms with Crippen molar-refractivity contribution in [2.75, 3.05) is 0 Å². The molecule has 0 spiro atoms. The molecular formula is C12H14Te. The first kappa shape index (κ1) is 10.6. The summed E-state index contributed by atoms with van der Waals surface area (Å²) < 4.78 is 4.74. The molecule has 0 nitrogen and oxygen atoms in total. The van der Waals surface area contributed by atoms with E-state index in [1.807, 2.05) is 6.07 Å². The molecule has 1 rings (SSSR count). The van der Waals surface area contributed by atoms with E-state index in [4.69, 9.17) is 0 Å². The minimum absolute atomic E-state index is 0.152. The van der Waals surface area contributed by atoms with E-state index < -0.39 is 0 Å². The van der Waals surface area contributed by atoms with Crippen molar-refractivity contribution in [3.8, 4) is 9.89 Å². The molecule has 0 unspecified atom stereocenters. The second-order valence-electron chi connectivity index (χ2n) is 3.89. The molecule has 0 aromatic heterocycles. The van der Waals surface area contributed by atoms with Crippen LogP contribution in [0.4, 0.5) is 0 Å². The van der Waals surface area contributed by atoms with Gasteiger partial charge in [0.1, 0.15) is 0 Å².